The predicted octanol–water partition coefficient (Wildman–Crippen LogP) is 7.42. The fourth-order valence-electron chi connectivity index (χ4n) is 5.60. The van der Waals surface area contributed by atoms with Crippen molar-refractivity contribution in [3.05, 3.63) is 199 Å². The van der Waals surface area contributed by atoms with E-state index in [1.807, 2.05) is 133 Å². The molecule has 0 aliphatic carbocycles. The van der Waals surface area contributed by atoms with Crippen LogP contribution in [0.5, 0.6) is 0 Å². The smallest absolute Gasteiger partial charge is 0.276 e. The van der Waals surface area contributed by atoms with Gasteiger partial charge in [0.2, 0.25) is 0 Å². The first-order valence-corrected chi connectivity index (χ1v) is 16.6. The molecule has 4 nitrogen and oxygen atoms in total. The molecule has 2 amide bonds. The van der Waals surface area contributed by atoms with Gasteiger partial charge in [0.05, 0.1) is 0 Å². The lowest BCUT2D eigenvalue weighted by molar-refractivity contribution is -0.113. The van der Waals surface area contributed by atoms with Crippen LogP contribution in [-0.2, 0) is 4.79 Å². The van der Waals surface area contributed by atoms with Crippen molar-refractivity contribution in [2.45, 2.75) is 0 Å². The summed E-state index contributed by atoms with van der Waals surface area (Å²) in [5.41, 5.74) is 2.13. The predicted molar refractivity (Wildman–Crippen MR) is 187 cm³/mol. The van der Waals surface area contributed by atoms with Crippen LogP contribution >= 0.6 is 7.26 Å². The summed E-state index contributed by atoms with van der Waals surface area (Å²) in [5, 5.41) is 10.1. The zero-order chi connectivity index (χ0) is 30.9. The summed E-state index contributed by atoms with van der Waals surface area (Å²) >= 11 is 0. The minimum absolute atomic E-state index is 0.198. The SMILES string of the molecule is O=C(Nc1ccccc1)/C(NC(=O)c1ccccc1)=C(\c1ccccc1)[P+](c1ccccc1)(c1ccccc1)c1ccccc1. The third-order valence-electron chi connectivity index (χ3n) is 7.58. The van der Waals surface area contributed by atoms with E-state index >= 15 is 0 Å². The van der Waals surface area contributed by atoms with Gasteiger partial charge in [0.25, 0.3) is 11.8 Å². The van der Waals surface area contributed by atoms with E-state index < -0.39 is 13.2 Å². The van der Waals surface area contributed by atoms with Gasteiger partial charge in [-0.2, -0.15) is 0 Å². The van der Waals surface area contributed by atoms with Gasteiger partial charge in [0, 0.05) is 16.8 Å². The molecule has 0 saturated heterocycles. The molecule has 0 saturated carbocycles. The first-order chi connectivity index (χ1) is 22.2. The van der Waals surface area contributed by atoms with Gasteiger partial charge in [-0.15, -0.1) is 0 Å². The van der Waals surface area contributed by atoms with Gasteiger partial charge in [0.15, 0.2) is 5.70 Å². The first-order valence-electron chi connectivity index (χ1n) is 14.8. The highest BCUT2D eigenvalue weighted by atomic mass is 31.2. The highest BCUT2D eigenvalue weighted by Gasteiger charge is 2.52. The van der Waals surface area contributed by atoms with E-state index in [1.54, 1.807) is 12.1 Å². The number of anilines is 1. The molecule has 0 aromatic heterocycles. The minimum Gasteiger partial charge on any atom is -0.321 e. The largest absolute Gasteiger partial charge is 0.321 e. The molecule has 0 fully saturated rings. The number of nitrogens with one attached hydrogen (secondary N) is 2. The lowest BCUT2D eigenvalue weighted by Gasteiger charge is -2.31. The highest BCUT2D eigenvalue weighted by Crippen LogP contribution is 2.67. The van der Waals surface area contributed by atoms with Crippen molar-refractivity contribution >= 4 is 46.0 Å². The molecule has 0 heterocycles. The number of rotatable bonds is 9. The van der Waals surface area contributed by atoms with Crippen LogP contribution in [0, 0.1) is 0 Å². The van der Waals surface area contributed by atoms with Crippen LogP contribution < -0.4 is 26.5 Å². The molecule has 45 heavy (non-hydrogen) atoms. The van der Waals surface area contributed by atoms with Gasteiger partial charge in [-0.3, -0.25) is 9.59 Å². The van der Waals surface area contributed by atoms with Crippen molar-refractivity contribution in [1.29, 1.82) is 0 Å². The lowest BCUT2D eigenvalue weighted by atomic mass is 10.1. The fraction of sp³-hybridized carbons (Fsp3) is 0. The maximum atomic E-state index is 14.7. The summed E-state index contributed by atoms with van der Waals surface area (Å²) in [6, 6.07) is 59.2. The molecular weight excluding hydrogens is 571 g/mol. The van der Waals surface area contributed by atoms with Crippen molar-refractivity contribution in [3.8, 4) is 0 Å². The van der Waals surface area contributed by atoms with Crippen molar-refractivity contribution < 1.29 is 9.59 Å². The number of benzene rings is 6. The quantitative estimate of drug-likeness (QED) is 0.134. The Kier molecular flexibility index (Phi) is 9.06. The van der Waals surface area contributed by atoms with E-state index in [-0.39, 0.29) is 11.6 Å². The average molecular weight is 604 g/mol. The Balaban J connectivity index is 1.75. The third-order valence-corrected chi connectivity index (χ3v) is 12.0. The molecule has 6 aromatic rings. The van der Waals surface area contributed by atoms with Crippen molar-refractivity contribution in [3.63, 3.8) is 0 Å². The average Bonchev–Trinajstić information content (AvgIpc) is 3.12. The molecule has 0 bridgehead atoms. The van der Waals surface area contributed by atoms with Gasteiger partial charge in [-0.05, 0) is 60.7 Å². The van der Waals surface area contributed by atoms with Crippen LogP contribution in [0.2, 0.25) is 0 Å². The van der Waals surface area contributed by atoms with Crippen molar-refractivity contribution in [2.24, 2.45) is 0 Å². The minimum atomic E-state index is -2.84. The Bertz CT molecular complexity index is 1800. The Morgan fingerprint density at radius 2 is 0.778 bits per heavy atom. The summed E-state index contributed by atoms with van der Waals surface area (Å²) in [6.07, 6.45) is 0. The molecule has 6 rings (SSSR count). The Morgan fingerprint density at radius 1 is 0.422 bits per heavy atom. The van der Waals surface area contributed by atoms with E-state index in [9.17, 15) is 9.59 Å². The van der Waals surface area contributed by atoms with Crippen LogP contribution in [0.1, 0.15) is 15.9 Å². The molecule has 0 aliphatic rings. The molecule has 5 heteroatoms. The number of hydrogen-bond acceptors (Lipinski definition) is 2. The fourth-order valence-corrected chi connectivity index (χ4v) is 10.2. The summed E-state index contributed by atoms with van der Waals surface area (Å²) in [7, 11) is -2.84. The molecule has 0 spiro atoms. The monoisotopic (exact) mass is 603 g/mol. The number of carbonyl (C=O) groups excluding carboxylic acids is 2. The van der Waals surface area contributed by atoms with Gasteiger partial charge in [-0.1, -0.05) is 121 Å². The van der Waals surface area contributed by atoms with Crippen LogP contribution in [0.15, 0.2) is 188 Å². The van der Waals surface area contributed by atoms with E-state index in [4.69, 9.17) is 0 Å². The molecular formula is C40H32N2O2P+. The Morgan fingerprint density at radius 3 is 1.20 bits per heavy atom. The standard InChI is InChI=1S/C40H31N2O2P/c43-39(32-21-9-2-10-22-32)42-37(40(44)41-33-23-11-3-12-24-33)38(31-19-7-1-8-20-31)45(34-25-13-4-14-26-34,35-27-15-5-16-28-35)36-29-17-6-18-30-36/h1-30H,(H-,41,42,43,44)/p+1/b38-37-. The molecule has 0 aliphatic heterocycles. The number of para-hydroxylation sites is 1. The van der Waals surface area contributed by atoms with Crippen LogP contribution in [0.25, 0.3) is 5.31 Å². The van der Waals surface area contributed by atoms with E-state index in [2.05, 4.69) is 47.0 Å². The van der Waals surface area contributed by atoms with Gasteiger partial charge < -0.3 is 10.6 Å². The summed E-state index contributed by atoms with van der Waals surface area (Å²) in [6.45, 7) is 0. The summed E-state index contributed by atoms with van der Waals surface area (Å²) < 4.78 is 0. The molecule has 0 radical (unpaired) electrons. The number of amides is 2. The highest BCUT2D eigenvalue weighted by molar-refractivity contribution is 8.03. The topological polar surface area (TPSA) is 58.2 Å². The van der Waals surface area contributed by atoms with Gasteiger partial charge in [-0.25, -0.2) is 0 Å². The van der Waals surface area contributed by atoms with Gasteiger partial charge in [0.1, 0.15) is 28.5 Å². The molecule has 0 unspecified atom stereocenters. The maximum absolute atomic E-state index is 14.7. The van der Waals surface area contributed by atoms with Crippen LogP contribution in [0.3, 0.4) is 0 Å². The van der Waals surface area contributed by atoms with Gasteiger partial charge >= 0.3 is 0 Å². The first kappa shape index (κ1) is 29.5. The molecule has 0 atom stereocenters. The summed E-state index contributed by atoms with van der Waals surface area (Å²) in [4.78, 5) is 28.6. The molecule has 218 valence electrons. The lowest BCUT2D eigenvalue weighted by Crippen LogP contribution is -2.37. The van der Waals surface area contributed by atoms with Crippen LogP contribution in [0.4, 0.5) is 5.69 Å². The Hall–Kier alpha value is -5.57. The van der Waals surface area contributed by atoms with Crippen molar-refractivity contribution in [1.82, 2.24) is 5.32 Å². The maximum Gasteiger partial charge on any atom is 0.276 e. The number of carbonyl (C=O) groups is 2. The van der Waals surface area contributed by atoms with E-state index in [0.717, 1.165) is 26.8 Å². The van der Waals surface area contributed by atoms with E-state index in [1.165, 1.54) is 0 Å². The second kappa shape index (κ2) is 13.8. The zero-order valence-electron chi connectivity index (χ0n) is 24.6. The van der Waals surface area contributed by atoms with E-state index in [0.29, 0.717) is 11.3 Å². The second-order valence-corrected chi connectivity index (χ2v) is 13.7. The second-order valence-electron chi connectivity index (χ2n) is 10.4. The third kappa shape index (κ3) is 6.24. The molecule has 2 N–H and O–H groups in total. The zero-order valence-corrected chi connectivity index (χ0v) is 25.5. The summed E-state index contributed by atoms with van der Waals surface area (Å²) in [5.74, 6) is -0.772. The normalized spacial score (nSPS) is 11.6. The van der Waals surface area contributed by atoms with Crippen LogP contribution in [-0.4, -0.2) is 11.8 Å². The Labute approximate surface area is 264 Å². The number of hydrogen-bond donors (Lipinski definition) is 2. The van der Waals surface area contributed by atoms with Crippen molar-refractivity contribution in [2.75, 3.05) is 5.32 Å². The molecule has 6 aromatic carbocycles.